The molecule has 2 aliphatic rings. The van der Waals surface area contributed by atoms with Gasteiger partial charge in [0.25, 0.3) is 0 Å². The Bertz CT molecular complexity index is 1110. The molecule has 37 heavy (non-hydrogen) atoms. The van der Waals surface area contributed by atoms with Crippen LogP contribution in [0, 0.1) is 8.99 Å². The number of halogens is 1. The molecule has 0 spiro atoms. The number of aromatic nitrogens is 1. The molecule has 2 atom stereocenters. The molecule has 0 amide bonds. The first-order valence-electron chi connectivity index (χ1n) is 14.3. The third-order valence-corrected chi connectivity index (χ3v) is 14.8. The second kappa shape index (κ2) is 10.7. The monoisotopic (exact) mass is 633 g/mol. The van der Waals surface area contributed by atoms with Gasteiger partial charge in [-0.3, -0.25) is 4.98 Å². The Morgan fingerprint density at radius 1 is 1.05 bits per heavy atom. The molecule has 3 nitrogen and oxygen atoms in total. The Labute approximate surface area is 240 Å². The van der Waals surface area contributed by atoms with Crippen molar-refractivity contribution < 1.29 is 9.53 Å². The molecule has 1 fully saturated rings. The van der Waals surface area contributed by atoms with Gasteiger partial charge in [-0.1, -0.05) is 85.6 Å². The maximum absolute atomic E-state index is 11.9. The molecule has 0 bridgehead atoms. The van der Waals surface area contributed by atoms with Crippen LogP contribution in [0.5, 0.6) is 0 Å². The van der Waals surface area contributed by atoms with Crippen LogP contribution >= 0.6 is 22.6 Å². The quantitative estimate of drug-likeness (QED) is 0.255. The van der Waals surface area contributed by atoms with Crippen LogP contribution in [-0.2, 0) is 10.8 Å². The van der Waals surface area contributed by atoms with E-state index < -0.39 is 14.4 Å². The van der Waals surface area contributed by atoms with Crippen LogP contribution in [0.25, 0.3) is 0 Å². The minimum absolute atomic E-state index is 0.0194. The first-order chi connectivity index (χ1) is 17.1. The van der Waals surface area contributed by atoms with Gasteiger partial charge in [0.15, 0.2) is 8.32 Å². The molecular weight excluding hydrogens is 585 g/mol. The minimum atomic E-state index is -2.00. The Morgan fingerprint density at radius 3 is 2.16 bits per heavy atom. The second-order valence-electron chi connectivity index (χ2n) is 14.2. The predicted molar refractivity (Wildman–Crippen MR) is 166 cm³/mol. The summed E-state index contributed by atoms with van der Waals surface area (Å²) in [5.41, 5.74) is 7.03. The maximum atomic E-state index is 11.9. The lowest BCUT2D eigenvalue weighted by molar-refractivity contribution is 0.104. The number of pyridine rings is 1. The van der Waals surface area contributed by atoms with Gasteiger partial charge in [-0.05, 0) is 88.9 Å². The summed E-state index contributed by atoms with van der Waals surface area (Å²) in [4.78, 5) is 5.46. The molecule has 1 aromatic heterocycles. The van der Waals surface area contributed by atoms with Crippen molar-refractivity contribution in [1.82, 2.24) is 4.98 Å². The highest BCUT2D eigenvalue weighted by Crippen LogP contribution is 2.51. The van der Waals surface area contributed by atoms with Gasteiger partial charge in [-0.2, -0.15) is 0 Å². The Kier molecular flexibility index (Phi) is 8.42. The summed E-state index contributed by atoms with van der Waals surface area (Å²) >= 11 is 2.53. The van der Waals surface area contributed by atoms with E-state index in [1.54, 1.807) is 0 Å². The van der Waals surface area contributed by atoms with Crippen molar-refractivity contribution in [2.24, 2.45) is 5.41 Å². The van der Waals surface area contributed by atoms with Crippen molar-refractivity contribution >= 4 is 30.9 Å². The molecule has 1 heterocycles. The zero-order valence-corrected chi connectivity index (χ0v) is 27.7. The van der Waals surface area contributed by atoms with Gasteiger partial charge < -0.3 is 9.53 Å². The van der Waals surface area contributed by atoms with Crippen molar-refractivity contribution in [3.63, 3.8) is 0 Å². The van der Waals surface area contributed by atoms with Gasteiger partial charge in [0.05, 0.1) is 11.8 Å². The summed E-state index contributed by atoms with van der Waals surface area (Å²) in [5.74, 6) is 0.908. The van der Waals surface area contributed by atoms with Gasteiger partial charge in [0.1, 0.15) is 6.10 Å². The van der Waals surface area contributed by atoms with Gasteiger partial charge in [0, 0.05) is 26.3 Å². The number of aliphatic hydroxyl groups excluding tert-OH is 1. The van der Waals surface area contributed by atoms with Gasteiger partial charge in [-0.15, -0.1) is 0 Å². The normalized spacial score (nSPS) is 21.4. The SMILES string of the molecule is CC(C)c1ccc(C(O)c2c(C3CCCC3)nc3c(c2I)C(O[Si](C)(C)C(C)(C)C)CC(C)(C)C3)cc1. The maximum Gasteiger partial charge on any atom is 0.192 e. The van der Waals surface area contributed by atoms with E-state index in [0.717, 1.165) is 29.7 Å². The van der Waals surface area contributed by atoms with Crippen LogP contribution in [0.15, 0.2) is 24.3 Å². The van der Waals surface area contributed by atoms with Gasteiger partial charge in [-0.25, -0.2) is 0 Å². The summed E-state index contributed by atoms with van der Waals surface area (Å²) in [6, 6.07) is 8.56. The fourth-order valence-electron chi connectivity index (χ4n) is 5.87. The van der Waals surface area contributed by atoms with Crippen LogP contribution in [0.2, 0.25) is 18.1 Å². The Morgan fingerprint density at radius 2 is 1.62 bits per heavy atom. The zero-order valence-electron chi connectivity index (χ0n) is 24.5. The summed E-state index contributed by atoms with van der Waals surface area (Å²) in [6.45, 7) is 20.8. The minimum Gasteiger partial charge on any atom is -0.410 e. The molecule has 1 saturated carbocycles. The second-order valence-corrected chi connectivity index (χ2v) is 20.0. The number of hydrogen-bond acceptors (Lipinski definition) is 3. The molecule has 2 aromatic rings. The van der Waals surface area contributed by atoms with Crippen molar-refractivity contribution in [2.75, 3.05) is 0 Å². The van der Waals surface area contributed by atoms with Crippen molar-refractivity contribution in [3.8, 4) is 0 Å². The molecule has 2 unspecified atom stereocenters. The third-order valence-electron chi connectivity index (χ3n) is 9.20. The highest BCUT2D eigenvalue weighted by Gasteiger charge is 2.44. The zero-order chi connectivity index (χ0) is 27.3. The Hall–Kier alpha value is -0.763. The van der Waals surface area contributed by atoms with E-state index in [9.17, 15) is 5.11 Å². The van der Waals surface area contributed by atoms with Crippen molar-refractivity contribution in [3.05, 3.63) is 61.5 Å². The number of benzene rings is 1. The fraction of sp³-hybridized carbons (Fsp3) is 0.656. The van der Waals surface area contributed by atoms with Gasteiger partial charge in [0.2, 0.25) is 0 Å². The van der Waals surface area contributed by atoms with Crippen LogP contribution < -0.4 is 0 Å². The lowest BCUT2D eigenvalue weighted by Crippen LogP contribution is -2.44. The molecule has 2 aliphatic carbocycles. The molecule has 1 aromatic carbocycles. The molecule has 4 rings (SSSR count). The summed E-state index contributed by atoms with van der Waals surface area (Å²) in [6.07, 6.45) is 6.14. The van der Waals surface area contributed by atoms with E-state index in [2.05, 4.69) is 108 Å². The average molecular weight is 634 g/mol. The van der Waals surface area contributed by atoms with Crippen LogP contribution in [0.3, 0.4) is 0 Å². The Balaban J connectivity index is 1.87. The van der Waals surface area contributed by atoms with Gasteiger partial charge >= 0.3 is 0 Å². The van der Waals surface area contributed by atoms with E-state index in [1.807, 2.05) is 0 Å². The molecule has 0 aliphatic heterocycles. The lowest BCUT2D eigenvalue weighted by Gasteiger charge is -2.44. The fourth-order valence-corrected chi connectivity index (χ4v) is 8.37. The smallest absolute Gasteiger partial charge is 0.192 e. The first-order valence-corrected chi connectivity index (χ1v) is 18.3. The summed E-state index contributed by atoms with van der Waals surface area (Å²) < 4.78 is 8.33. The topological polar surface area (TPSA) is 42.4 Å². The average Bonchev–Trinajstić information content (AvgIpc) is 3.31. The lowest BCUT2D eigenvalue weighted by atomic mass is 9.74. The first kappa shape index (κ1) is 29.2. The molecule has 5 heteroatoms. The van der Waals surface area contributed by atoms with Crippen LogP contribution in [-0.4, -0.2) is 18.4 Å². The largest absolute Gasteiger partial charge is 0.410 e. The standard InChI is InChI=1S/C32H48INO2Si/c1-20(2)21-14-16-23(17-15-21)30(35)27-28(33)26-24(34-29(27)22-12-10-11-13-22)18-32(6,7)19-25(26)36-37(8,9)31(3,4)5/h14-17,20,22,25,30,35H,10-13,18-19H2,1-9H3. The molecule has 204 valence electrons. The van der Waals surface area contributed by atoms with E-state index in [0.29, 0.717) is 11.8 Å². The number of nitrogens with zero attached hydrogens (tertiary/aromatic N) is 1. The highest BCUT2D eigenvalue weighted by molar-refractivity contribution is 14.1. The number of hydrogen-bond donors (Lipinski definition) is 1. The van der Waals surface area contributed by atoms with E-state index in [-0.39, 0.29) is 16.6 Å². The number of aliphatic hydroxyl groups is 1. The number of fused-ring (bicyclic) bond motifs is 1. The molecule has 0 saturated heterocycles. The van der Waals surface area contributed by atoms with Crippen LogP contribution in [0.1, 0.15) is 138 Å². The van der Waals surface area contributed by atoms with E-state index >= 15 is 0 Å². The third kappa shape index (κ3) is 6.05. The van der Waals surface area contributed by atoms with Crippen molar-refractivity contribution in [2.45, 2.75) is 129 Å². The summed E-state index contributed by atoms with van der Waals surface area (Å²) in [7, 11) is -2.00. The van der Waals surface area contributed by atoms with E-state index in [1.165, 1.54) is 46.1 Å². The predicted octanol–water partition coefficient (Wildman–Crippen LogP) is 9.58. The highest BCUT2D eigenvalue weighted by atomic mass is 127. The van der Waals surface area contributed by atoms with Crippen LogP contribution in [0.4, 0.5) is 0 Å². The molecular formula is C32H48INO2Si. The summed E-state index contributed by atoms with van der Waals surface area (Å²) in [5, 5.41) is 12.1. The molecule has 1 N–H and O–H groups in total. The number of rotatable bonds is 6. The van der Waals surface area contributed by atoms with Crippen molar-refractivity contribution in [1.29, 1.82) is 0 Å². The van der Waals surface area contributed by atoms with E-state index in [4.69, 9.17) is 9.41 Å². The molecule has 0 radical (unpaired) electrons.